The maximum atomic E-state index is 12.8. The van der Waals surface area contributed by atoms with Gasteiger partial charge in [0.15, 0.2) is 0 Å². The zero-order valence-electron chi connectivity index (χ0n) is 16.3. The molecule has 0 aliphatic rings. The third-order valence-electron chi connectivity index (χ3n) is 4.46. The van der Waals surface area contributed by atoms with Crippen LogP contribution >= 0.6 is 0 Å². The molecule has 2 atom stereocenters. The molecular weight excluding hydrogens is 378 g/mol. The predicted molar refractivity (Wildman–Crippen MR) is 104 cm³/mol. The van der Waals surface area contributed by atoms with E-state index in [0.29, 0.717) is 10.9 Å². The molecule has 3 amide bonds. The number of hydrogen-bond donors (Lipinski definition) is 3. The standard InChI is InChI=1S/C19H25N5O5/c1-11(2)15(24-10-22-13-7-4-3-6-12(13)17(24)26)16(25)23-14(18(27)28)8-5-9-21-19(20)29/h3-4,6-7,10-11,14-15H,5,8-9H2,1-2H3,(H,23,25)(H,27,28)(H3,20,21,29)/p-1/t14-,15-/m0/s1. The number of carbonyl (C=O) groups excluding carboxylic acids is 3. The van der Waals surface area contributed by atoms with E-state index in [-0.39, 0.29) is 30.9 Å². The number of urea groups is 1. The summed E-state index contributed by atoms with van der Waals surface area (Å²) in [5.41, 5.74) is 5.07. The van der Waals surface area contributed by atoms with Crippen molar-refractivity contribution in [1.29, 1.82) is 0 Å². The Morgan fingerprint density at radius 2 is 1.93 bits per heavy atom. The van der Waals surface area contributed by atoms with Gasteiger partial charge in [-0.25, -0.2) is 9.78 Å². The SMILES string of the molecule is CC(C)[C@@H](C(=O)N[C@@H](CCCNC(N)=O)C(=O)[O-])n1cnc2ccccc2c1=O. The van der Waals surface area contributed by atoms with Crippen molar-refractivity contribution >= 4 is 28.8 Å². The van der Waals surface area contributed by atoms with E-state index in [2.05, 4.69) is 15.6 Å². The van der Waals surface area contributed by atoms with E-state index in [1.54, 1.807) is 38.1 Å². The van der Waals surface area contributed by atoms with Crippen LogP contribution in [0.15, 0.2) is 35.4 Å². The lowest BCUT2D eigenvalue weighted by Crippen LogP contribution is -2.51. The second kappa shape index (κ2) is 9.67. The van der Waals surface area contributed by atoms with E-state index in [1.165, 1.54) is 10.9 Å². The van der Waals surface area contributed by atoms with Crippen molar-refractivity contribution in [3.05, 3.63) is 40.9 Å². The molecule has 10 nitrogen and oxygen atoms in total. The van der Waals surface area contributed by atoms with E-state index in [0.717, 1.165) is 0 Å². The Hall–Kier alpha value is -3.43. The van der Waals surface area contributed by atoms with Crippen molar-refractivity contribution in [3.63, 3.8) is 0 Å². The highest BCUT2D eigenvalue weighted by atomic mass is 16.4. The Labute approximate surface area is 167 Å². The largest absolute Gasteiger partial charge is 0.548 e. The van der Waals surface area contributed by atoms with Crippen LogP contribution in [0.3, 0.4) is 0 Å². The first-order valence-corrected chi connectivity index (χ1v) is 9.22. The van der Waals surface area contributed by atoms with Crippen LogP contribution in [0.5, 0.6) is 0 Å². The van der Waals surface area contributed by atoms with Crippen LogP contribution in [0.2, 0.25) is 0 Å². The smallest absolute Gasteiger partial charge is 0.312 e. The number of carboxylic acid groups (broad SMARTS) is 1. The van der Waals surface area contributed by atoms with Gasteiger partial charge < -0.3 is 26.3 Å². The predicted octanol–water partition coefficient (Wildman–Crippen LogP) is -0.723. The fourth-order valence-corrected chi connectivity index (χ4v) is 3.06. The molecule has 0 spiro atoms. The average Bonchev–Trinajstić information content (AvgIpc) is 2.65. The topological polar surface area (TPSA) is 159 Å². The Bertz CT molecular complexity index is 955. The number of carbonyl (C=O) groups is 3. The molecule has 1 aromatic carbocycles. The minimum absolute atomic E-state index is 0.0318. The van der Waals surface area contributed by atoms with E-state index < -0.39 is 30.0 Å². The molecule has 29 heavy (non-hydrogen) atoms. The lowest BCUT2D eigenvalue weighted by atomic mass is 10.0. The summed E-state index contributed by atoms with van der Waals surface area (Å²) in [6.45, 7) is 3.66. The van der Waals surface area contributed by atoms with Crippen molar-refractivity contribution in [2.24, 2.45) is 11.7 Å². The van der Waals surface area contributed by atoms with Gasteiger partial charge in [0, 0.05) is 6.54 Å². The highest BCUT2D eigenvalue weighted by molar-refractivity contribution is 5.86. The molecule has 2 aromatic rings. The van der Waals surface area contributed by atoms with Crippen molar-refractivity contribution in [1.82, 2.24) is 20.2 Å². The molecule has 0 bridgehead atoms. The number of fused-ring (bicyclic) bond motifs is 1. The summed E-state index contributed by atoms with van der Waals surface area (Å²) in [6.07, 6.45) is 1.59. The summed E-state index contributed by atoms with van der Waals surface area (Å²) in [7, 11) is 0. The van der Waals surface area contributed by atoms with Crippen LogP contribution in [0.25, 0.3) is 10.9 Å². The van der Waals surface area contributed by atoms with E-state index in [9.17, 15) is 24.3 Å². The van der Waals surface area contributed by atoms with Gasteiger partial charge in [-0.05, 0) is 30.9 Å². The van der Waals surface area contributed by atoms with Gasteiger partial charge in [0.1, 0.15) is 6.04 Å². The van der Waals surface area contributed by atoms with E-state index in [1.807, 2.05) is 0 Å². The zero-order chi connectivity index (χ0) is 21.6. The normalized spacial score (nSPS) is 13.1. The van der Waals surface area contributed by atoms with Crippen LogP contribution in [0.4, 0.5) is 4.79 Å². The number of nitrogens with two attached hydrogens (primary N) is 1. The van der Waals surface area contributed by atoms with Gasteiger partial charge in [0.05, 0.1) is 29.2 Å². The third-order valence-corrected chi connectivity index (χ3v) is 4.46. The maximum absolute atomic E-state index is 12.8. The lowest BCUT2D eigenvalue weighted by molar-refractivity contribution is -0.308. The van der Waals surface area contributed by atoms with Crippen LogP contribution < -0.4 is 27.0 Å². The number of para-hydroxylation sites is 1. The molecule has 2 rings (SSSR count). The molecule has 1 aromatic heterocycles. The molecule has 0 aliphatic heterocycles. The highest BCUT2D eigenvalue weighted by Gasteiger charge is 2.28. The first kappa shape index (κ1) is 21.9. The summed E-state index contributed by atoms with van der Waals surface area (Å²) in [6, 6.07) is 3.81. The summed E-state index contributed by atoms with van der Waals surface area (Å²) in [4.78, 5) is 52.0. The second-order valence-electron chi connectivity index (χ2n) is 6.98. The summed E-state index contributed by atoms with van der Waals surface area (Å²) in [5.74, 6) is -2.39. The number of nitrogens with one attached hydrogen (secondary N) is 2. The van der Waals surface area contributed by atoms with Crippen LogP contribution in [-0.2, 0) is 9.59 Å². The molecule has 4 N–H and O–H groups in total. The molecule has 10 heteroatoms. The van der Waals surface area contributed by atoms with Crippen molar-refractivity contribution in [3.8, 4) is 0 Å². The molecule has 1 heterocycles. The Balaban J connectivity index is 2.22. The summed E-state index contributed by atoms with van der Waals surface area (Å²) >= 11 is 0. The van der Waals surface area contributed by atoms with Crippen LogP contribution in [-0.4, -0.2) is 40.0 Å². The summed E-state index contributed by atoms with van der Waals surface area (Å²) in [5, 5.41) is 16.5. The maximum Gasteiger partial charge on any atom is 0.312 e. The van der Waals surface area contributed by atoms with Gasteiger partial charge in [-0.15, -0.1) is 0 Å². The lowest BCUT2D eigenvalue weighted by Gasteiger charge is -2.26. The molecule has 0 saturated heterocycles. The number of rotatable bonds is 9. The van der Waals surface area contributed by atoms with Crippen LogP contribution in [0.1, 0.15) is 32.7 Å². The van der Waals surface area contributed by atoms with Gasteiger partial charge in [-0.1, -0.05) is 26.0 Å². The van der Waals surface area contributed by atoms with Crippen LogP contribution in [0, 0.1) is 5.92 Å². The third kappa shape index (κ3) is 5.53. The molecule has 0 radical (unpaired) electrons. The number of amides is 3. The number of benzene rings is 1. The zero-order valence-corrected chi connectivity index (χ0v) is 16.3. The molecule has 0 unspecified atom stereocenters. The van der Waals surface area contributed by atoms with Crippen molar-refractivity contribution < 1.29 is 19.5 Å². The van der Waals surface area contributed by atoms with E-state index in [4.69, 9.17) is 5.73 Å². The minimum atomic E-state index is -1.45. The number of carboxylic acids is 1. The number of aliphatic carboxylic acids is 1. The number of nitrogens with zero attached hydrogens (tertiary/aromatic N) is 2. The molecule has 0 saturated carbocycles. The Morgan fingerprint density at radius 3 is 2.55 bits per heavy atom. The van der Waals surface area contributed by atoms with Gasteiger partial charge in [-0.2, -0.15) is 0 Å². The number of hydrogen-bond acceptors (Lipinski definition) is 6. The quantitative estimate of drug-likeness (QED) is 0.469. The average molecular weight is 402 g/mol. The minimum Gasteiger partial charge on any atom is -0.548 e. The first-order valence-electron chi connectivity index (χ1n) is 9.22. The van der Waals surface area contributed by atoms with Crippen molar-refractivity contribution in [2.75, 3.05) is 6.54 Å². The van der Waals surface area contributed by atoms with Gasteiger partial charge in [0.2, 0.25) is 5.91 Å². The summed E-state index contributed by atoms with van der Waals surface area (Å²) < 4.78 is 1.21. The second-order valence-corrected chi connectivity index (χ2v) is 6.98. The fourth-order valence-electron chi connectivity index (χ4n) is 3.06. The Kier molecular flexibility index (Phi) is 7.29. The van der Waals surface area contributed by atoms with Gasteiger partial charge >= 0.3 is 6.03 Å². The Morgan fingerprint density at radius 1 is 1.24 bits per heavy atom. The molecule has 0 fully saturated rings. The molecular formula is C19H24N5O5-. The number of aromatic nitrogens is 2. The first-order chi connectivity index (χ1) is 13.7. The molecule has 156 valence electrons. The fraction of sp³-hybridized carbons (Fsp3) is 0.421. The highest BCUT2D eigenvalue weighted by Crippen LogP contribution is 2.18. The van der Waals surface area contributed by atoms with Gasteiger partial charge in [-0.3, -0.25) is 14.2 Å². The molecule has 0 aliphatic carbocycles. The van der Waals surface area contributed by atoms with Gasteiger partial charge in [0.25, 0.3) is 5.56 Å². The number of primary amides is 1. The van der Waals surface area contributed by atoms with Crippen molar-refractivity contribution in [2.45, 2.75) is 38.8 Å². The monoisotopic (exact) mass is 402 g/mol. The van der Waals surface area contributed by atoms with E-state index >= 15 is 0 Å².